The highest BCUT2D eigenvalue weighted by Crippen LogP contribution is 2.29. The van der Waals surface area contributed by atoms with E-state index in [1.807, 2.05) is 0 Å². The first-order chi connectivity index (χ1) is 13.3. The van der Waals surface area contributed by atoms with Crippen molar-refractivity contribution in [3.05, 3.63) is 28.3 Å². The van der Waals surface area contributed by atoms with Gasteiger partial charge < -0.3 is 4.90 Å². The van der Waals surface area contributed by atoms with Crippen LogP contribution in [0.15, 0.2) is 28.2 Å². The van der Waals surface area contributed by atoms with E-state index in [1.54, 1.807) is 13.8 Å². The van der Waals surface area contributed by atoms with Gasteiger partial charge >= 0.3 is 0 Å². The van der Waals surface area contributed by atoms with Crippen LogP contribution in [0.25, 0.3) is 0 Å². The van der Waals surface area contributed by atoms with Crippen LogP contribution in [-0.4, -0.2) is 61.0 Å². The van der Waals surface area contributed by atoms with E-state index in [9.17, 15) is 18.5 Å². The second-order valence-electron chi connectivity index (χ2n) is 6.66. The lowest BCUT2D eigenvalue weighted by Crippen LogP contribution is -2.34. The van der Waals surface area contributed by atoms with Gasteiger partial charge in [0.15, 0.2) is 0 Å². The third-order valence-corrected chi connectivity index (χ3v) is 6.90. The van der Waals surface area contributed by atoms with Crippen LogP contribution < -0.4 is 5.43 Å². The Hall–Kier alpha value is -2.04. The molecule has 0 aromatic heterocycles. The SMILES string of the molecule is CCCN1CCC(=NNc2ccc([N+](=O)[O-])cc2S(=O)(=O)N(CC)CC)CC1. The quantitative estimate of drug-likeness (QED) is 0.494. The maximum Gasteiger partial charge on any atom is 0.270 e. The average molecular weight is 412 g/mol. The second kappa shape index (κ2) is 9.94. The van der Waals surface area contributed by atoms with Gasteiger partial charge in [-0.15, -0.1) is 0 Å². The molecule has 0 spiro atoms. The van der Waals surface area contributed by atoms with Gasteiger partial charge in [-0.2, -0.15) is 9.41 Å². The van der Waals surface area contributed by atoms with Crippen molar-refractivity contribution in [2.75, 3.05) is 38.1 Å². The Bertz CT molecular complexity index is 811. The second-order valence-corrected chi connectivity index (χ2v) is 8.56. The molecule has 1 N–H and O–H groups in total. The van der Waals surface area contributed by atoms with Crippen molar-refractivity contribution in [1.29, 1.82) is 0 Å². The van der Waals surface area contributed by atoms with Gasteiger partial charge in [-0.1, -0.05) is 20.8 Å². The van der Waals surface area contributed by atoms with Crippen LogP contribution in [0.3, 0.4) is 0 Å². The minimum atomic E-state index is -3.87. The number of nitrogens with zero attached hydrogens (tertiary/aromatic N) is 4. The highest BCUT2D eigenvalue weighted by molar-refractivity contribution is 7.89. The average Bonchev–Trinajstić information content (AvgIpc) is 2.68. The molecule has 0 radical (unpaired) electrons. The zero-order valence-electron chi connectivity index (χ0n) is 16.7. The van der Waals surface area contributed by atoms with Gasteiger partial charge in [-0.3, -0.25) is 15.5 Å². The summed E-state index contributed by atoms with van der Waals surface area (Å²) >= 11 is 0. The lowest BCUT2D eigenvalue weighted by atomic mass is 10.1. The van der Waals surface area contributed by atoms with Crippen LogP contribution in [0, 0.1) is 10.1 Å². The molecule has 1 aromatic rings. The van der Waals surface area contributed by atoms with Crippen molar-refractivity contribution in [1.82, 2.24) is 9.21 Å². The maximum atomic E-state index is 13.0. The molecular weight excluding hydrogens is 382 g/mol. The number of anilines is 1. The van der Waals surface area contributed by atoms with E-state index >= 15 is 0 Å². The van der Waals surface area contributed by atoms with Crippen molar-refractivity contribution in [2.45, 2.75) is 44.9 Å². The topological polar surface area (TPSA) is 108 Å². The van der Waals surface area contributed by atoms with E-state index < -0.39 is 14.9 Å². The molecule has 1 heterocycles. The minimum Gasteiger partial charge on any atom is -0.303 e. The summed E-state index contributed by atoms with van der Waals surface area (Å²) in [6, 6.07) is 3.79. The molecule has 28 heavy (non-hydrogen) atoms. The Kier molecular flexibility index (Phi) is 7.90. The van der Waals surface area contributed by atoms with E-state index in [0.717, 1.165) is 50.7 Å². The summed E-state index contributed by atoms with van der Waals surface area (Å²) in [5.74, 6) is 0. The maximum absolute atomic E-state index is 13.0. The van der Waals surface area contributed by atoms with E-state index in [2.05, 4.69) is 22.4 Å². The highest BCUT2D eigenvalue weighted by Gasteiger charge is 2.27. The number of hydrazone groups is 1. The number of nitro groups is 1. The van der Waals surface area contributed by atoms with Crippen LogP contribution >= 0.6 is 0 Å². The van der Waals surface area contributed by atoms with E-state index in [-0.39, 0.29) is 29.4 Å². The molecule has 10 heteroatoms. The summed E-state index contributed by atoms with van der Waals surface area (Å²) in [6.45, 7) is 9.10. The lowest BCUT2D eigenvalue weighted by Gasteiger charge is -2.27. The predicted octanol–water partition coefficient (Wildman–Crippen LogP) is 2.90. The molecule has 156 valence electrons. The molecule has 1 fully saturated rings. The van der Waals surface area contributed by atoms with Crippen LogP contribution in [0.4, 0.5) is 11.4 Å². The first-order valence-electron chi connectivity index (χ1n) is 9.65. The summed E-state index contributed by atoms with van der Waals surface area (Å²) < 4.78 is 27.2. The van der Waals surface area contributed by atoms with Crippen LogP contribution in [0.1, 0.15) is 40.0 Å². The Balaban J connectivity index is 2.29. The van der Waals surface area contributed by atoms with Gasteiger partial charge in [0.25, 0.3) is 5.69 Å². The fourth-order valence-corrected chi connectivity index (χ4v) is 4.85. The first kappa shape index (κ1) is 22.3. The monoisotopic (exact) mass is 411 g/mol. The molecule has 0 atom stereocenters. The number of nitrogens with one attached hydrogen (secondary N) is 1. The van der Waals surface area contributed by atoms with Crippen LogP contribution in [-0.2, 0) is 10.0 Å². The zero-order valence-corrected chi connectivity index (χ0v) is 17.5. The molecule has 2 rings (SSSR count). The normalized spacial score (nSPS) is 15.6. The third-order valence-electron chi connectivity index (χ3n) is 4.81. The molecular formula is C18H29N5O4S. The van der Waals surface area contributed by atoms with Crippen LogP contribution in [0.5, 0.6) is 0 Å². The molecule has 0 unspecified atom stereocenters. The molecule has 0 aliphatic carbocycles. The summed E-state index contributed by atoms with van der Waals surface area (Å²) in [5.41, 5.74) is 3.80. The number of piperidine rings is 1. The number of sulfonamides is 1. The van der Waals surface area contributed by atoms with Crippen LogP contribution in [0.2, 0.25) is 0 Å². The summed E-state index contributed by atoms with van der Waals surface area (Å²) in [4.78, 5) is 12.8. The largest absolute Gasteiger partial charge is 0.303 e. The summed E-state index contributed by atoms with van der Waals surface area (Å²) in [5, 5.41) is 15.5. The van der Waals surface area contributed by atoms with Crippen molar-refractivity contribution in [3.63, 3.8) is 0 Å². The van der Waals surface area contributed by atoms with Crippen molar-refractivity contribution < 1.29 is 13.3 Å². The standard InChI is InChI=1S/C18H29N5O4S/c1-4-11-21-12-9-15(10-13-21)19-20-17-8-7-16(23(24)25)14-18(17)28(26,27)22(5-2)6-3/h7-8,14,20H,4-6,9-13H2,1-3H3. The van der Waals surface area contributed by atoms with E-state index in [4.69, 9.17) is 0 Å². The Morgan fingerprint density at radius 3 is 2.39 bits per heavy atom. The molecule has 1 aromatic carbocycles. The van der Waals surface area contributed by atoms with Gasteiger partial charge in [0.05, 0.1) is 10.6 Å². The van der Waals surface area contributed by atoms with Crippen molar-refractivity contribution in [2.24, 2.45) is 5.10 Å². The third kappa shape index (κ3) is 5.27. The number of likely N-dealkylation sites (tertiary alicyclic amines) is 1. The number of rotatable bonds is 9. The molecule has 1 aliphatic rings. The van der Waals surface area contributed by atoms with Gasteiger partial charge in [0.1, 0.15) is 4.90 Å². The molecule has 1 saturated heterocycles. The number of hydrogen-bond acceptors (Lipinski definition) is 7. The summed E-state index contributed by atoms with van der Waals surface area (Å²) in [7, 11) is -3.87. The van der Waals surface area contributed by atoms with Gasteiger partial charge in [-0.05, 0) is 19.0 Å². The number of benzene rings is 1. The van der Waals surface area contributed by atoms with Gasteiger partial charge in [-0.25, -0.2) is 8.42 Å². The molecule has 0 bridgehead atoms. The first-order valence-corrected chi connectivity index (χ1v) is 11.1. The number of non-ortho nitro benzene ring substituents is 1. The highest BCUT2D eigenvalue weighted by atomic mass is 32.2. The van der Waals surface area contributed by atoms with Crippen molar-refractivity contribution in [3.8, 4) is 0 Å². The predicted molar refractivity (Wildman–Crippen MR) is 110 cm³/mol. The Morgan fingerprint density at radius 1 is 1.21 bits per heavy atom. The summed E-state index contributed by atoms with van der Waals surface area (Å²) in [6.07, 6.45) is 2.75. The zero-order chi connectivity index (χ0) is 20.7. The lowest BCUT2D eigenvalue weighted by molar-refractivity contribution is -0.385. The van der Waals surface area contributed by atoms with Gasteiger partial charge in [0.2, 0.25) is 10.0 Å². The fourth-order valence-electron chi connectivity index (χ4n) is 3.24. The number of hydrogen-bond donors (Lipinski definition) is 1. The molecule has 9 nitrogen and oxygen atoms in total. The van der Waals surface area contributed by atoms with Gasteiger partial charge in [0, 0.05) is 56.9 Å². The molecule has 0 saturated carbocycles. The Morgan fingerprint density at radius 2 is 1.86 bits per heavy atom. The van der Waals surface area contributed by atoms with E-state index in [0.29, 0.717) is 0 Å². The molecule has 1 aliphatic heterocycles. The smallest absolute Gasteiger partial charge is 0.270 e. The number of nitro benzene ring substituents is 1. The molecule has 0 amide bonds. The van der Waals surface area contributed by atoms with Crippen molar-refractivity contribution >= 4 is 27.1 Å². The Labute approximate surface area is 166 Å². The van der Waals surface area contributed by atoms with E-state index in [1.165, 1.54) is 16.4 Å². The minimum absolute atomic E-state index is 0.127. The fraction of sp³-hybridized carbons (Fsp3) is 0.611.